The van der Waals surface area contributed by atoms with Crippen molar-refractivity contribution >= 4 is 5.78 Å². The molecule has 2 aromatic rings. The van der Waals surface area contributed by atoms with Gasteiger partial charge in [-0.05, 0) is 17.7 Å². The number of ether oxygens (including phenoxy) is 5. The Balaban J connectivity index is 1.30. The van der Waals surface area contributed by atoms with Crippen molar-refractivity contribution < 1.29 is 74.4 Å². The molecule has 0 bridgehead atoms. The first-order valence-electron chi connectivity index (χ1n) is 12.7. The van der Waals surface area contributed by atoms with Crippen molar-refractivity contribution in [3.63, 3.8) is 0 Å². The van der Waals surface area contributed by atoms with Crippen molar-refractivity contribution in [1.82, 2.24) is 0 Å². The van der Waals surface area contributed by atoms with Crippen molar-refractivity contribution in [3.8, 4) is 28.7 Å². The summed E-state index contributed by atoms with van der Waals surface area (Å²) in [5.74, 6) is -1.95. The second-order valence-corrected chi connectivity index (χ2v) is 9.97. The number of rotatable bonds is 7. The normalized spacial score (nSPS) is 35.1. The molecule has 9 N–H and O–H groups in total. The van der Waals surface area contributed by atoms with Crippen molar-refractivity contribution in [2.45, 2.75) is 67.8 Å². The van der Waals surface area contributed by atoms with E-state index in [0.717, 1.165) is 6.07 Å². The Morgan fingerprint density at radius 1 is 0.780 bits per heavy atom. The number of carbonyl (C=O) groups is 1. The fourth-order valence-electron chi connectivity index (χ4n) is 4.89. The highest BCUT2D eigenvalue weighted by Gasteiger charge is 2.48. The van der Waals surface area contributed by atoms with Crippen LogP contribution in [0.3, 0.4) is 0 Å². The summed E-state index contributed by atoms with van der Waals surface area (Å²) in [4.78, 5) is 12.8. The van der Waals surface area contributed by atoms with Crippen molar-refractivity contribution in [2.24, 2.45) is 0 Å². The van der Waals surface area contributed by atoms with Crippen LogP contribution < -0.4 is 9.47 Å². The minimum absolute atomic E-state index is 0.0797. The minimum atomic E-state index is -1.77. The highest BCUT2D eigenvalue weighted by molar-refractivity contribution is 6.02. The molecule has 15 nitrogen and oxygen atoms in total. The number of benzene rings is 2. The average molecular weight is 583 g/mol. The third-order valence-corrected chi connectivity index (χ3v) is 7.19. The van der Waals surface area contributed by atoms with Crippen molar-refractivity contribution in [2.75, 3.05) is 13.2 Å². The van der Waals surface area contributed by atoms with Crippen molar-refractivity contribution in [1.29, 1.82) is 0 Å². The molecule has 0 saturated carbocycles. The third kappa shape index (κ3) is 5.63. The molecule has 0 radical (unpaired) electrons. The molecule has 2 fully saturated rings. The zero-order chi connectivity index (χ0) is 29.6. The molecule has 0 aromatic heterocycles. The summed E-state index contributed by atoms with van der Waals surface area (Å²) < 4.78 is 27.7. The van der Waals surface area contributed by atoms with Gasteiger partial charge in [-0.2, -0.15) is 0 Å². The lowest BCUT2D eigenvalue weighted by Gasteiger charge is -2.40. The monoisotopic (exact) mass is 582 g/mol. The van der Waals surface area contributed by atoms with Crippen LogP contribution in [0.2, 0.25) is 0 Å². The topological polar surface area (TPSA) is 245 Å². The number of hydrogen-bond donors (Lipinski definition) is 9. The first-order chi connectivity index (χ1) is 19.5. The molecule has 2 saturated heterocycles. The van der Waals surface area contributed by atoms with Gasteiger partial charge in [0.2, 0.25) is 6.29 Å². The van der Waals surface area contributed by atoms with Crippen LogP contribution in [0.5, 0.6) is 28.7 Å². The van der Waals surface area contributed by atoms with E-state index in [2.05, 4.69) is 0 Å². The Hall–Kier alpha value is -3.25. The number of hydrogen-bond acceptors (Lipinski definition) is 15. The number of phenols is 3. The maximum atomic E-state index is 12.8. The molecule has 0 aliphatic carbocycles. The maximum absolute atomic E-state index is 12.8. The van der Waals surface area contributed by atoms with E-state index in [1.807, 2.05) is 0 Å². The maximum Gasteiger partial charge on any atom is 0.229 e. The van der Waals surface area contributed by atoms with Crippen LogP contribution in [-0.2, 0) is 14.2 Å². The second kappa shape index (κ2) is 11.6. The van der Waals surface area contributed by atoms with Crippen LogP contribution in [0.1, 0.15) is 28.4 Å². The Bertz CT molecular complexity index is 1270. The standard InChI is InChI=1S/C26H30O15/c27-7-17-20(32)23(35)25(40-17)37-8-18-21(33)22(34)24(36)26(41-18)38-10-4-13(30)19-14(31)6-15(39-16(19)5-10)9-1-2-11(28)12(29)3-9/h1-5,15,17-18,20-30,32-36H,6-8H2/t15-,17-,18+,20-,21+,22-,23+,24+,25+,26+/m0/s1. The van der Waals surface area contributed by atoms with Crippen LogP contribution in [0.4, 0.5) is 0 Å². The smallest absolute Gasteiger partial charge is 0.229 e. The summed E-state index contributed by atoms with van der Waals surface area (Å²) >= 11 is 0. The number of fused-ring (bicyclic) bond motifs is 1. The van der Waals surface area contributed by atoms with E-state index in [1.165, 1.54) is 24.3 Å². The molecule has 3 heterocycles. The van der Waals surface area contributed by atoms with E-state index < -0.39 is 91.9 Å². The molecule has 0 unspecified atom stereocenters. The number of aliphatic hydroxyl groups excluding tert-OH is 6. The molecule has 3 aliphatic heterocycles. The highest BCUT2D eigenvalue weighted by Crippen LogP contribution is 2.43. The first kappa shape index (κ1) is 29.2. The SMILES string of the molecule is O=C1C[C@@H](c2ccc(O)c(O)c2)Oc2cc(O[C@@H]3O[C@H](CO[C@@H]4O[C@@H](CO)[C@H](O)[C@H]4O)[C@@H](O)[C@H](O)[C@H]3O)cc(O)c21. The number of ketones is 1. The zero-order valence-electron chi connectivity index (χ0n) is 21.3. The predicted octanol–water partition coefficient (Wildman–Crippen LogP) is -1.85. The fraction of sp³-hybridized carbons (Fsp3) is 0.500. The number of carbonyl (C=O) groups excluding carboxylic acids is 1. The van der Waals surface area contributed by atoms with Gasteiger partial charge in [0, 0.05) is 12.1 Å². The molecule has 2 aromatic carbocycles. The van der Waals surface area contributed by atoms with E-state index in [0.29, 0.717) is 5.56 Å². The van der Waals surface area contributed by atoms with Gasteiger partial charge < -0.3 is 69.6 Å². The Morgan fingerprint density at radius 3 is 2.15 bits per heavy atom. The number of Topliss-reactive ketones (excluding diaryl/α,β-unsaturated/α-hetero) is 1. The van der Waals surface area contributed by atoms with E-state index >= 15 is 0 Å². The Kier molecular flexibility index (Phi) is 8.24. The van der Waals surface area contributed by atoms with Crippen LogP contribution in [0, 0.1) is 0 Å². The third-order valence-electron chi connectivity index (χ3n) is 7.19. The van der Waals surface area contributed by atoms with Gasteiger partial charge in [-0.25, -0.2) is 0 Å². The molecule has 3 aliphatic rings. The van der Waals surface area contributed by atoms with E-state index in [1.54, 1.807) is 0 Å². The summed E-state index contributed by atoms with van der Waals surface area (Å²) in [6, 6.07) is 6.25. The van der Waals surface area contributed by atoms with Gasteiger partial charge in [0.05, 0.1) is 19.6 Å². The molecule has 41 heavy (non-hydrogen) atoms. The minimum Gasteiger partial charge on any atom is -0.507 e. The van der Waals surface area contributed by atoms with Gasteiger partial charge in [-0.1, -0.05) is 6.07 Å². The predicted molar refractivity (Wildman–Crippen MR) is 131 cm³/mol. The summed E-state index contributed by atoms with van der Waals surface area (Å²) in [5.41, 5.74) is 0.257. The lowest BCUT2D eigenvalue weighted by atomic mass is 9.95. The molecule has 224 valence electrons. The second-order valence-electron chi connectivity index (χ2n) is 9.97. The summed E-state index contributed by atoms with van der Waals surface area (Å²) in [6.07, 6.45) is -14.6. The number of aromatic hydroxyl groups is 3. The molecule has 10 atom stereocenters. The molecule has 15 heteroatoms. The van der Waals surface area contributed by atoms with Crippen LogP contribution in [0.15, 0.2) is 30.3 Å². The molecule has 0 amide bonds. The van der Waals surface area contributed by atoms with Crippen molar-refractivity contribution in [3.05, 3.63) is 41.5 Å². The lowest BCUT2D eigenvalue weighted by molar-refractivity contribution is -0.290. The van der Waals surface area contributed by atoms with E-state index in [-0.39, 0.29) is 29.2 Å². The Labute approximate surface area is 231 Å². The number of aliphatic hydroxyl groups is 6. The summed E-state index contributed by atoms with van der Waals surface area (Å²) in [7, 11) is 0. The quantitative estimate of drug-likeness (QED) is 0.163. The summed E-state index contributed by atoms with van der Waals surface area (Å²) in [6.45, 7) is -1.08. The van der Waals surface area contributed by atoms with Crippen LogP contribution in [0.25, 0.3) is 0 Å². The largest absolute Gasteiger partial charge is 0.507 e. The zero-order valence-corrected chi connectivity index (χ0v) is 21.3. The molecular formula is C26H30O15. The van der Waals surface area contributed by atoms with Gasteiger partial charge in [0.1, 0.15) is 71.6 Å². The highest BCUT2D eigenvalue weighted by atomic mass is 16.7. The van der Waals surface area contributed by atoms with E-state index in [4.69, 9.17) is 23.7 Å². The average Bonchev–Trinajstić information content (AvgIpc) is 3.21. The summed E-state index contributed by atoms with van der Waals surface area (Å²) in [5, 5.41) is 90.3. The number of phenolic OH excluding ortho intramolecular Hbond substituents is 3. The van der Waals surface area contributed by atoms with E-state index in [9.17, 15) is 50.8 Å². The molecular weight excluding hydrogens is 552 g/mol. The van der Waals surface area contributed by atoms with Gasteiger partial charge in [0.25, 0.3) is 0 Å². The van der Waals surface area contributed by atoms with Gasteiger partial charge in [0.15, 0.2) is 23.6 Å². The molecule has 5 rings (SSSR count). The molecule has 0 spiro atoms. The van der Waals surface area contributed by atoms with Crippen LogP contribution >= 0.6 is 0 Å². The first-order valence-corrected chi connectivity index (χ1v) is 12.7. The van der Waals surface area contributed by atoms with Crippen LogP contribution in [-0.4, -0.2) is 120 Å². The van der Waals surface area contributed by atoms with Gasteiger partial charge in [-0.15, -0.1) is 0 Å². The van der Waals surface area contributed by atoms with Gasteiger partial charge in [-0.3, -0.25) is 4.79 Å². The lowest BCUT2D eigenvalue weighted by Crippen LogP contribution is -2.60. The fourth-order valence-corrected chi connectivity index (χ4v) is 4.89. The van der Waals surface area contributed by atoms with Gasteiger partial charge >= 0.3 is 0 Å². The Morgan fingerprint density at radius 2 is 1.46 bits per heavy atom.